The minimum Gasteiger partial charge on any atom is -0.490 e. The van der Waals surface area contributed by atoms with Crippen LogP contribution in [0.15, 0.2) is 29.2 Å². The molecule has 1 aromatic rings. The minimum absolute atomic E-state index is 0.135. The normalized spacial score (nSPS) is 12.4. The topological polar surface area (TPSA) is 81.4 Å². The molecule has 0 aromatic heterocycles. The number of hydrogen-bond donors (Lipinski definition) is 2. The second kappa shape index (κ2) is 5.69. The molecule has 5 nitrogen and oxygen atoms in total. The maximum absolute atomic E-state index is 12.0. The van der Waals surface area contributed by atoms with Gasteiger partial charge in [-0.15, -0.1) is 0 Å². The molecule has 6 heteroatoms. The summed E-state index contributed by atoms with van der Waals surface area (Å²) in [6, 6.07) is 6.52. The van der Waals surface area contributed by atoms with E-state index in [0.29, 0.717) is 12.3 Å². The van der Waals surface area contributed by atoms with Gasteiger partial charge in [0.15, 0.2) is 0 Å². The molecule has 0 aliphatic heterocycles. The van der Waals surface area contributed by atoms with Gasteiger partial charge in [0.1, 0.15) is 17.3 Å². The summed E-state index contributed by atoms with van der Waals surface area (Å²) in [5, 5.41) is 0. The van der Waals surface area contributed by atoms with Crippen LogP contribution in [0.1, 0.15) is 20.8 Å². The lowest BCUT2D eigenvalue weighted by Gasteiger charge is -2.20. The summed E-state index contributed by atoms with van der Waals surface area (Å²) in [5.74, 6) is 0.317. The van der Waals surface area contributed by atoms with Gasteiger partial charge in [0, 0.05) is 12.1 Å². The average Bonchev–Trinajstić information content (AvgIpc) is 2.26. The maximum atomic E-state index is 12.0. The van der Waals surface area contributed by atoms with E-state index in [2.05, 4.69) is 4.72 Å². The number of sulfonamides is 1. The monoisotopic (exact) mass is 272 g/mol. The Morgan fingerprint density at radius 1 is 1.33 bits per heavy atom. The second-order valence-electron chi connectivity index (χ2n) is 4.73. The number of rotatable bonds is 6. The molecule has 18 heavy (non-hydrogen) atoms. The zero-order valence-electron chi connectivity index (χ0n) is 10.9. The number of benzene rings is 1. The molecule has 0 saturated carbocycles. The van der Waals surface area contributed by atoms with Gasteiger partial charge in [0.2, 0.25) is 10.0 Å². The third-order valence-electron chi connectivity index (χ3n) is 2.07. The van der Waals surface area contributed by atoms with Crippen molar-refractivity contribution in [3.8, 4) is 5.75 Å². The number of nitrogens with one attached hydrogen (secondary N) is 1. The zero-order chi connectivity index (χ0) is 13.8. The summed E-state index contributed by atoms with van der Waals surface area (Å²) < 4.78 is 31.8. The minimum atomic E-state index is -3.52. The summed E-state index contributed by atoms with van der Waals surface area (Å²) in [6.07, 6.45) is 0. The standard InChI is InChI=1S/C12H20N2O3S/c1-4-14-18(15,16)11-8-6-5-7-10(11)17-9-12(2,3)13/h5-8,14H,4,9,13H2,1-3H3. The number of nitrogens with two attached hydrogens (primary N) is 1. The van der Waals surface area contributed by atoms with Crippen molar-refractivity contribution in [3.05, 3.63) is 24.3 Å². The van der Waals surface area contributed by atoms with Gasteiger partial charge in [-0.1, -0.05) is 19.1 Å². The van der Waals surface area contributed by atoms with E-state index in [9.17, 15) is 8.42 Å². The van der Waals surface area contributed by atoms with Crippen molar-refractivity contribution in [3.63, 3.8) is 0 Å². The van der Waals surface area contributed by atoms with E-state index in [1.165, 1.54) is 6.07 Å². The molecule has 1 aromatic carbocycles. The quantitative estimate of drug-likeness (QED) is 0.812. The molecule has 0 amide bonds. The third kappa shape index (κ3) is 4.29. The fourth-order valence-corrected chi connectivity index (χ4v) is 2.51. The Morgan fingerprint density at radius 2 is 1.94 bits per heavy atom. The number of ether oxygens (including phenoxy) is 1. The van der Waals surface area contributed by atoms with E-state index in [4.69, 9.17) is 10.5 Å². The van der Waals surface area contributed by atoms with Gasteiger partial charge in [-0.2, -0.15) is 0 Å². The smallest absolute Gasteiger partial charge is 0.244 e. The highest BCUT2D eigenvalue weighted by atomic mass is 32.2. The van der Waals surface area contributed by atoms with Crippen molar-refractivity contribution in [2.75, 3.05) is 13.2 Å². The SMILES string of the molecule is CCNS(=O)(=O)c1ccccc1OCC(C)(C)N. The summed E-state index contributed by atoms with van der Waals surface area (Å²) in [5.41, 5.74) is 5.29. The van der Waals surface area contributed by atoms with Crippen LogP contribution in [-0.2, 0) is 10.0 Å². The van der Waals surface area contributed by atoms with Crippen molar-refractivity contribution in [2.45, 2.75) is 31.2 Å². The van der Waals surface area contributed by atoms with Crippen LogP contribution in [0.3, 0.4) is 0 Å². The van der Waals surface area contributed by atoms with Crippen LogP contribution in [0, 0.1) is 0 Å². The van der Waals surface area contributed by atoms with E-state index in [1.807, 2.05) is 13.8 Å². The second-order valence-corrected chi connectivity index (χ2v) is 6.46. The van der Waals surface area contributed by atoms with E-state index < -0.39 is 15.6 Å². The highest BCUT2D eigenvalue weighted by Crippen LogP contribution is 2.23. The summed E-state index contributed by atoms with van der Waals surface area (Å²) in [6.45, 7) is 5.93. The molecule has 0 aliphatic carbocycles. The van der Waals surface area contributed by atoms with Gasteiger partial charge < -0.3 is 10.5 Å². The van der Waals surface area contributed by atoms with E-state index in [-0.39, 0.29) is 11.5 Å². The Labute approximate surface area is 108 Å². The van der Waals surface area contributed by atoms with Crippen LogP contribution in [-0.4, -0.2) is 27.1 Å². The first-order valence-electron chi connectivity index (χ1n) is 5.76. The van der Waals surface area contributed by atoms with Gasteiger partial charge in [-0.05, 0) is 26.0 Å². The largest absolute Gasteiger partial charge is 0.490 e. The van der Waals surface area contributed by atoms with Crippen molar-refractivity contribution >= 4 is 10.0 Å². The van der Waals surface area contributed by atoms with Gasteiger partial charge >= 0.3 is 0 Å². The Hall–Kier alpha value is -1.11. The van der Waals surface area contributed by atoms with Crippen LogP contribution in [0.5, 0.6) is 5.75 Å². The lowest BCUT2D eigenvalue weighted by molar-refractivity contribution is 0.238. The molecule has 3 N–H and O–H groups in total. The van der Waals surface area contributed by atoms with E-state index >= 15 is 0 Å². The molecule has 0 radical (unpaired) electrons. The molecular weight excluding hydrogens is 252 g/mol. The predicted molar refractivity (Wildman–Crippen MR) is 71.1 cm³/mol. The Morgan fingerprint density at radius 3 is 2.50 bits per heavy atom. The first kappa shape index (κ1) is 14.9. The van der Waals surface area contributed by atoms with Crippen LogP contribution in [0.2, 0.25) is 0 Å². The summed E-state index contributed by atoms with van der Waals surface area (Å²) >= 11 is 0. The zero-order valence-corrected chi connectivity index (χ0v) is 11.8. The van der Waals surface area contributed by atoms with E-state index in [1.54, 1.807) is 25.1 Å². The first-order valence-corrected chi connectivity index (χ1v) is 7.25. The molecule has 0 unspecified atom stereocenters. The lowest BCUT2D eigenvalue weighted by atomic mass is 10.1. The molecule has 0 fully saturated rings. The molecular formula is C12H20N2O3S. The highest BCUT2D eigenvalue weighted by Gasteiger charge is 2.20. The van der Waals surface area contributed by atoms with Gasteiger partial charge in [0.25, 0.3) is 0 Å². The van der Waals surface area contributed by atoms with E-state index in [0.717, 1.165) is 0 Å². The molecule has 0 spiro atoms. The van der Waals surface area contributed by atoms with Crippen molar-refractivity contribution in [2.24, 2.45) is 5.73 Å². The predicted octanol–water partition coefficient (Wildman–Crippen LogP) is 1.10. The molecule has 0 saturated heterocycles. The van der Waals surface area contributed by atoms with Crippen molar-refractivity contribution < 1.29 is 13.2 Å². The van der Waals surface area contributed by atoms with Crippen molar-refractivity contribution in [1.29, 1.82) is 0 Å². The number of hydrogen-bond acceptors (Lipinski definition) is 4. The average molecular weight is 272 g/mol. The Kier molecular flexibility index (Phi) is 4.72. The lowest BCUT2D eigenvalue weighted by Crippen LogP contribution is -2.39. The van der Waals surface area contributed by atoms with Gasteiger partial charge in [-0.3, -0.25) is 0 Å². The molecule has 0 atom stereocenters. The van der Waals surface area contributed by atoms with Gasteiger partial charge in [0.05, 0.1) is 0 Å². The highest BCUT2D eigenvalue weighted by molar-refractivity contribution is 7.89. The molecule has 0 aliphatic rings. The first-order chi connectivity index (χ1) is 8.26. The van der Waals surface area contributed by atoms with Crippen molar-refractivity contribution in [1.82, 2.24) is 4.72 Å². The fourth-order valence-electron chi connectivity index (χ4n) is 1.32. The number of para-hydroxylation sites is 1. The van der Waals surface area contributed by atoms with Crippen LogP contribution in [0.4, 0.5) is 0 Å². The Balaban J connectivity index is 3.00. The molecule has 0 bridgehead atoms. The third-order valence-corrected chi connectivity index (χ3v) is 3.66. The molecule has 1 rings (SSSR count). The fraction of sp³-hybridized carbons (Fsp3) is 0.500. The Bertz CT molecular complexity index is 492. The van der Waals surface area contributed by atoms with Crippen LogP contribution >= 0.6 is 0 Å². The summed E-state index contributed by atoms with van der Waals surface area (Å²) in [4.78, 5) is 0.135. The van der Waals surface area contributed by atoms with Gasteiger partial charge in [-0.25, -0.2) is 13.1 Å². The molecule has 0 heterocycles. The van der Waals surface area contributed by atoms with Crippen LogP contribution < -0.4 is 15.2 Å². The van der Waals surface area contributed by atoms with Crippen LogP contribution in [0.25, 0.3) is 0 Å². The summed E-state index contributed by atoms with van der Waals surface area (Å²) in [7, 11) is -3.52. The molecule has 102 valence electrons. The maximum Gasteiger partial charge on any atom is 0.244 e.